The van der Waals surface area contributed by atoms with E-state index in [0.717, 1.165) is 61.2 Å². The summed E-state index contributed by atoms with van der Waals surface area (Å²) >= 11 is 0. The van der Waals surface area contributed by atoms with Gasteiger partial charge in [-0.25, -0.2) is 4.98 Å². The number of aromatic nitrogens is 3. The first-order valence-electron chi connectivity index (χ1n) is 18.5. The van der Waals surface area contributed by atoms with Crippen LogP contribution in [0.3, 0.4) is 0 Å². The normalized spacial score (nSPS) is 12.0. The number of nitrogens with zero attached hydrogens (tertiary/aromatic N) is 4. The van der Waals surface area contributed by atoms with Crippen LogP contribution in [0, 0.1) is 17.4 Å². The number of hydrogen-bond acceptors (Lipinski definition) is 4. The van der Waals surface area contributed by atoms with Crippen molar-refractivity contribution in [1.82, 2.24) is 14.5 Å². The third kappa shape index (κ3) is 7.67. The van der Waals surface area contributed by atoms with Gasteiger partial charge in [0, 0.05) is 44.2 Å². The predicted molar refractivity (Wildman–Crippen MR) is 222 cm³/mol. The van der Waals surface area contributed by atoms with Crippen LogP contribution < -0.4 is 0 Å². The van der Waals surface area contributed by atoms with Gasteiger partial charge >= 0.3 is 0 Å². The van der Waals surface area contributed by atoms with E-state index in [1.165, 1.54) is 0 Å². The Morgan fingerprint density at radius 1 is 0.655 bits per heavy atom. The maximum Gasteiger partial charge on any atom is 0.148 e. The molecular weight excluding hydrogens is 856 g/mol. The molecule has 55 heavy (non-hydrogen) atoms. The molecular formula is C49H47N4OPt-. The molecule has 7 rings (SSSR count). The van der Waals surface area contributed by atoms with E-state index in [1.54, 1.807) is 0 Å². The van der Waals surface area contributed by atoms with Crippen LogP contribution in [-0.2, 0) is 37.3 Å². The van der Waals surface area contributed by atoms with E-state index in [-0.39, 0.29) is 43.1 Å². The largest absolute Gasteiger partial charge is 0.507 e. The summed E-state index contributed by atoms with van der Waals surface area (Å²) in [7, 11) is 0. The van der Waals surface area contributed by atoms with Gasteiger partial charge in [0.05, 0.1) is 28.2 Å². The van der Waals surface area contributed by atoms with Crippen LogP contribution in [0.4, 0.5) is 0 Å². The first-order valence-corrected chi connectivity index (χ1v) is 18.5. The van der Waals surface area contributed by atoms with Crippen molar-refractivity contribution in [3.8, 4) is 62.4 Å². The molecule has 5 nitrogen and oxygen atoms in total. The second-order valence-electron chi connectivity index (χ2n) is 17.2. The number of nitriles is 1. The van der Waals surface area contributed by atoms with Crippen molar-refractivity contribution in [1.29, 1.82) is 5.26 Å². The fourth-order valence-corrected chi connectivity index (χ4v) is 7.09. The molecule has 7 aromatic rings. The number of hydrogen-bond donors (Lipinski definition) is 1. The van der Waals surface area contributed by atoms with Gasteiger partial charge in [-0.05, 0) is 57.2 Å². The number of phenolic OH excluding ortho intramolecular Hbond substituents is 1. The van der Waals surface area contributed by atoms with Crippen molar-refractivity contribution in [2.24, 2.45) is 0 Å². The molecule has 0 unspecified atom stereocenters. The van der Waals surface area contributed by atoms with Crippen molar-refractivity contribution in [3.63, 3.8) is 0 Å². The molecule has 0 fully saturated rings. The van der Waals surface area contributed by atoms with E-state index in [9.17, 15) is 10.4 Å². The summed E-state index contributed by atoms with van der Waals surface area (Å²) in [5.74, 6) is 0.901. The monoisotopic (exact) mass is 902 g/mol. The van der Waals surface area contributed by atoms with Gasteiger partial charge in [0.2, 0.25) is 0 Å². The Bertz CT molecular complexity index is 2560. The number of para-hydroxylation sites is 2. The molecule has 0 aliphatic heterocycles. The number of imidazole rings is 1. The van der Waals surface area contributed by atoms with Gasteiger partial charge < -0.3 is 5.11 Å². The number of fused-ring (bicyclic) bond motifs is 1. The van der Waals surface area contributed by atoms with Crippen LogP contribution in [0.25, 0.3) is 61.6 Å². The van der Waals surface area contributed by atoms with E-state index < -0.39 is 0 Å². The van der Waals surface area contributed by atoms with Gasteiger partial charge in [0.15, 0.2) is 0 Å². The van der Waals surface area contributed by atoms with Gasteiger partial charge in [0.1, 0.15) is 11.6 Å². The fraction of sp³-hybridized carbons (Fsp3) is 0.245. The van der Waals surface area contributed by atoms with Crippen LogP contribution in [0.15, 0.2) is 115 Å². The van der Waals surface area contributed by atoms with Crippen molar-refractivity contribution >= 4 is 11.0 Å². The first kappa shape index (κ1) is 39.4. The minimum atomic E-state index is -0.303. The molecule has 2 heterocycles. The minimum absolute atomic E-state index is 0. The van der Waals surface area contributed by atoms with Crippen LogP contribution in [-0.4, -0.2) is 19.6 Å². The quantitative estimate of drug-likeness (QED) is 0.175. The second-order valence-corrected chi connectivity index (χ2v) is 17.2. The Kier molecular flexibility index (Phi) is 10.6. The average Bonchev–Trinajstić information content (AvgIpc) is 3.53. The molecule has 0 aliphatic carbocycles. The fourth-order valence-electron chi connectivity index (χ4n) is 7.09. The number of aromatic hydroxyl groups is 1. The topological polar surface area (TPSA) is 74.7 Å². The summed E-state index contributed by atoms with van der Waals surface area (Å²) < 4.78 is 2.15. The zero-order valence-electron chi connectivity index (χ0n) is 33.0. The molecule has 5 aromatic carbocycles. The van der Waals surface area contributed by atoms with Crippen molar-refractivity contribution in [2.45, 2.75) is 78.6 Å². The van der Waals surface area contributed by atoms with E-state index in [2.05, 4.69) is 146 Å². The van der Waals surface area contributed by atoms with Crippen LogP contribution in [0.5, 0.6) is 5.75 Å². The summed E-state index contributed by atoms with van der Waals surface area (Å²) in [6.07, 6.45) is 1.83. The molecule has 6 heteroatoms. The molecule has 0 bridgehead atoms. The first-order chi connectivity index (χ1) is 25.5. The third-order valence-electron chi connectivity index (χ3n) is 10.1. The minimum Gasteiger partial charge on any atom is -0.507 e. The zero-order valence-corrected chi connectivity index (χ0v) is 35.3. The van der Waals surface area contributed by atoms with Gasteiger partial charge in [-0.2, -0.15) is 5.26 Å². The SMILES string of the molecule is CC(C)(C)c1cc(-c2nc3c(-c4[c-]c(-c5cc(C#N)c(C(C)(C)C)cn5)cc(-c5ccccc5)c4)cccc3n2-c2ccccc2)c(O)c(C(C)(C)C)c1.[Pt]. The Morgan fingerprint density at radius 2 is 1.29 bits per heavy atom. The Morgan fingerprint density at radius 3 is 1.91 bits per heavy atom. The summed E-state index contributed by atoms with van der Waals surface area (Å²) in [6.45, 7) is 19.3. The number of pyridine rings is 1. The van der Waals surface area contributed by atoms with Crippen LogP contribution in [0.2, 0.25) is 0 Å². The van der Waals surface area contributed by atoms with Crippen LogP contribution in [0.1, 0.15) is 84.6 Å². The molecule has 0 spiro atoms. The van der Waals surface area contributed by atoms with E-state index >= 15 is 0 Å². The molecule has 0 radical (unpaired) electrons. The Balaban J connectivity index is 0.00000514. The van der Waals surface area contributed by atoms with Gasteiger partial charge in [-0.15, -0.1) is 23.8 Å². The summed E-state index contributed by atoms with van der Waals surface area (Å²) in [6, 6.07) is 43.2. The summed E-state index contributed by atoms with van der Waals surface area (Å²) in [5.41, 5.74) is 11.4. The number of phenols is 1. The smallest absolute Gasteiger partial charge is 0.148 e. The van der Waals surface area contributed by atoms with Gasteiger partial charge in [0.25, 0.3) is 0 Å². The predicted octanol–water partition coefficient (Wildman–Crippen LogP) is 12.4. The second kappa shape index (κ2) is 14.7. The third-order valence-corrected chi connectivity index (χ3v) is 10.1. The van der Waals surface area contributed by atoms with E-state index in [0.29, 0.717) is 22.6 Å². The molecule has 2 aromatic heterocycles. The van der Waals surface area contributed by atoms with Gasteiger partial charge in [-0.1, -0.05) is 152 Å². The van der Waals surface area contributed by atoms with Crippen molar-refractivity contribution in [2.75, 3.05) is 0 Å². The summed E-state index contributed by atoms with van der Waals surface area (Å²) in [4.78, 5) is 10.3. The Hall–Kier alpha value is -5.30. The maximum absolute atomic E-state index is 12.1. The molecule has 0 saturated carbocycles. The molecule has 0 atom stereocenters. The van der Waals surface area contributed by atoms with Crippen molar-refractivity contribution in [3.05, 3.63) is 144 Å². The zero-order chi connectivity index (χ0) is 38.6. The molecule has 1 N–H and O–H groups in total. The van der Waals surface area contributed by atoms with Crippen LogP contribution >= 0.6 is 0 Å². The van der Waals surface area contributed by atoms with E-state index in [4.69, 9.17) is 9.97 Å². The molecule has 0 aliphatic rings. The maximum atomic E-state index is 12.1. The molecule has 0 saturated heterocycles. The average molecular weight is 903 g/mol. The van der Waals surface area contributed by atoms with Gasteiger partial charge in [-0.3, -0.25) is 9.55 Å². The number of rotatable bonds is 5. The molecule has 280 valence electrons. The number of benzene rings is 5. The standard InChI is InChI=1S/C49H47N4O.Pt/c1-47(2,3)36-27-39(45(54)40(28-36)48(4,5)6)46-52-44-38(21-16-22-43(44)53(46)37-19-14-11-15-20-37)33-23-32(31-17-12-10-13-18-31)24-34(25-33)42-26-35(29-50)41(30-51-42)49(7,8)9;/h10-24,26-28,30,54H,1-9H3;/q-1;. The van der Waals surface area contributed by atoms with Crippen molar-refractivity contribution < 1.29 is 26.2 Å². The summed E-state index contributed by atoms with van der Waals surface area (Å²) in [5, 5.41) is 22.3. The Labute approximate surface area is 340 Å². The van der Waals surface area contributed by atoms with E-state index in [1.807, 2.05) is 48.7 Å². The molecule has 0 amide bonds.